The highest BCUT2D eigenvalue weighted by Crippen LogP contribution is 2.30. The highest BCUT2D eigenvalue weighted by Gasteiger charge is 2.20. The molecule has 21 heavy (non-hydrogen) atoms. The zero-order chi connectivity index (χ0) is 15.1. The van der Waals surface area contributed by atoms with Crippen molar-refractivity contribution < 1.29 is 0 Å². The van der Waals surface area contributed by atoms with Crippen LogP contribution in [0.1, 0.15) is 38.7 Å². The van der Waals surface area contributed by atoms with Gasteiger partial charge in [-0.25, -0.2) is 0 Å². The Morgan fingerprint density at radius 2 is 2.29 bits per heavy atom. The summed E-state index contributed by atoms with van der Waals surface area (Å²) in [4.78, 5) is 3.50. The van der Waals surface area contributed by atoms with Gasteiger partial charge in [0.25, 0.3) is 0 Å². The lowest BCUT2D eigenvalue weighted by Crippen LogP contribution is -2.38. The van der Waals surface area contributed by atoms with Crippen molar-refractivity contribution in [1.29, 1.82) is 5.26 Å². The number of benzene rings is 1. The van der Waals surface area contributed by atoms with E-state index in [9.17, 15) is 5.26 Å². The van der Waals surface area contributed by atoms with Crippen molar-refractivity contribution in [2.24, 2.45) is 0 Å². The summed E-state index contributed by atoms with van der Waals surface area (Å²) in [6.07, 6.45) is 3.61. The minimum atomic E-state index is 0.561. The molecule has 1 heterocycles. The average molecular weight is 303 g/mol. The molecule has 0 amide bonds. The minimum absolute atomic E-state index is 0.561. The molecule has 0 radical (unpaired) electrons. The molecule has 0 saturated carbocycles. The van der Waals surface area contributed by atoms with Crippen molar-refractivity contribution in [3.63, 3.8) is 0 Å². The van der Waals surface area contributed by atoms with Gasteiger partial charge < -0.3 is 10.2 Å². The second-order valence-corrected chi connectivity index (χ2v) is 6.74. The molecule has 0 aromatic heterocycles. The van der Waals surface area contributed by atoms with Gasteiger partial charge in [0.2, 0.25) is 0 Å². The SMILES string of the molecule is CCCN(CC1CCCN1)c1cccc(SCC)c1C#N. The van der Waals surface area contributed by atoms with Gasteiger partial charge in [0, 0.05) is 24.0 Å². The Kier molecular flexibility index (Phi) is 6.41. The number of hydrogen-bond donors (Lipinski definition) is 1. The summed E-state index contributed by atoms with van der Waals surface area (Å²) in [6.45, 7) is 7.47. The molecular formula is C17H25N3S. The van der Waals surface area contributed by atoms with E-state index in [1.165, 1.54) is 12.8 Å². The monoisotopic (exact) mass is 303 g/mol. The number of anilines is 1. The van der Waals surface area contributed by atoms with Crippen molar-refractivity contribution >= 4 is 17.4 Å². The quantitative estimate of drug-likeness (QED) is 0.781. The third kappa shape index (κ3) is 4.15. The first-order valence-corrected chi connectivity index (χ1v) is 8.93. The zero-order valence-electron chi connectivity index (χ0n) is 13.1. The Labute approximate surface area is 132 Å². The smallest absolute Gasteiger partial charge is 0.103 e. The number of thioether (sulfide) groups is 1. The molecule has 1 unspecified atom stereocenters. The second kappa shape index (κ2) is 8.31. The van der Waals surface area contributed by atoms with Crippen molar-refractivity contribution in [3.8, 4) is 6.07 Å². The Morgan fingerprint density at radius 3 is 2.90 bits per heavy atom. The fourth-order valence-electron chi connectivity index (χ4n) is 2.93. The summed E-state index contributed by atoms with van der Waals surface area (Å²) in [5.41, 5.74) is 1.95. The Balaban J connectivity index is 2.25. The van der Waals surface area contributed by atoms with Crippen LogP contribution in [0, 0.1) is 11.3 Å². The summed E-state index contributed by atoms with van der Waals surface area (Å²) in [6, 6.07) is 9.24. The van der Waals surface area contributed by atoms with Crippen LogP contribution in [0.2, 0.25) is 0 Å². The van der Waals surface area contributed by atoms with Crippen LogP contribution >= 0.6 is 11.8 Å². The molecule has 114 valence electrons. The standard InChI is InChI=1S/C17H25N3S/c1-3-11-20(13-14-7-6-10-19-14)16-8-5-9-17(21-4-2)15(16)12-18/h5,8-9,14,19H,3-4,6-7,10-11,13H2,1-2H3. The molecule has 1 N–H and O–H groups in total. The van der Waals surface area contributed by atoms with E-state index in [1.807, 2.05) is 0 Å². The van der Waals surface area contributed by atoms with Crippen LogP contribution in [-0.2, 0) is 0 Å². The van der Waals surface area contributed by atoms with Crippen LogP contribution in [0.4, 0.5) is 5.69 Å². The van der Waals surface area contributed by atoms with E-state index in [4.69, 9.17) is 0 Å². The fourth-order valence-corrected chi connectivity index (χ4v) is 3.71. The van der Waals surface area contributed by atoms with E-state index in [2.05, 4.69) is 48.3 Å². The number of nitrogens with one attached hydrogen (secondary N) is 1. The van der Waals surface area contributed by atoms with Gasteiger partial charge in [-0.1, -0.05) is 19.9 Å². The lowest BCUT2D eigenvalue weighted by atomic mass is 10.1. The molecule has 0 spiro atoms. The maximum absolute atomic E-state index is 9.60. The molecule has 1 atom stereocenters. The van der Waals surface area contributed by atoms with E-state index in [0.29, 0.717) is 6.04 Å². The second-order valence-electron chi connectivity index (χ2n) is 5.43. The number of rotatable bonds is 7. The predicted molar refractivity (Wildman–Crippen MR) is 91.1 cm³/mol. The maximum atomic E-state index is 9.60. The van der Waals surface area contributed by atoms with Gasteiger partial charge in [-0.15, -0.1) is 11.8 Å². The van der Waals surface area contributed by atoms with Gasteiger partial charge in [0.15, 0.2) is 0 Å². The maximum Gasteiger partial charge on any atom is 0.103 e. The van der Waals surface area contributed by atoms with Gasteiger partial charge in [-0.2, -0.15) is 5.26 Å². The van der Waals surface area contributed by atoms with Crippen molar-refractivity contribution in [2.45, 2.75) is 44.0 Å². The minimum Gasteiger partial charge on any atom is -0.369 e. The molecule has 1 aromatic rings. The summed E-state index contributed by atoms with van der Waals surface area (Å²) in [7, 11) is 0. The molecule has 0 bridgehead atoms. The fraction of sp³-hybridized carbons (Fsp3) is 0.588. The first-order chi connectivity index (χ1) is 10.3. The van der Waals surface area contributed by atoms with Gasteiger partial charge in [-0.05, 0) is 43.7 Å². The molecule has 1 fully saturated rings. The van der Waals surface area contributed by atoms with E-state index in [1.54, 1.807) is 11.8 Å². The molecule has 1 aromatic carbocycles. The Hall–Kier alpha value is -1.18. The Bertz CT molecular complexity index is 489. The molecule has 1 aliphatic heterocycles. The van der Waals surface area contributed by atoms with Crippen LogP contribution in [0.15, 0.2) is 23.1 Å². The molecule has 1 saturated heterocycles. The molecule has 3 nitrogen and oxygen atoms in total. The first-order valence-electron chi connectivity index (χ1n) is 7.94. The van der Waals surface area contributed by atoms with Crippen LogP contribution in [-0.4, -0.2) is 31.4 Å². The molecule has 0 aliphatic carbocycles. The van der Waals surface area contributed by atoms with Gasteiger partial charge in [-0.3, -0.25) is 0 Å². The predicted octanol–water partition coefficient (Wildman–Crippen LogP) is 3.64. The summed E-state index contributed by atoms with van der Waals surface area (Å²) >= 11 is 1.75. The molecule has 2 rings (SSSR count). The highest BCUT2D eigenvalue weighted by atomic mass is 32.2. The van der Waals surface area contributed by atoms with Crippen LogP contribution in [0.3, 0.4) is 0 Å². The average Bonchev–Trinajstić information content (AvgIpc) is 3.00. The Morgan fingerprint density at radius 1 is 1.43 bits per heavy atom. The van der Waals surface area contributed by atoms with E-state index >= 15 is 0 Å². The number of nitrogens with zero attached hydrogens (tertiary/aromatic N) is 2. The third-order valence-corrected chi connectivity index (χ3v) is 4.79. The largest absolute Gasteiger partial charge is 0.369 e. The van der Waals surface area contributed by atoms with Crippen molar-refractivity contribution in [3.05, 3.63) is 23.8 Å². The van der Waals surface area contributed by atoms with Gasteiger partial charge >= 0.3 is 0 Å². The van der Waals surface area contributed by atoms with Crippen molar-refractivity contribution in [1.82, 2.24) is 5.32 Å². The van der Waals surface area contributed by atoms with Crippen LogP contribution in [0.25, 0.3) is 0 Å². The van der Waals surface area contributed by atoms with Gasteiger partial charge in [0.05, 0.1) is 11.3 Å². The number of nitriles is 1. The van der Waals surface area contributed by atoms with E-state index in [-0.39, 0.29) is 0 Å². The van der Waals surface area contributed by atoms with Crippen LogP contribution < -0.4 is 10.2 Å². The third-order valence-electron chi connectivity index (χ3n) is 3.85. The lowest BCUT2D eigenvalue weighted by molar-refractivity contribution is 0.578. The molecule has 4 heteroatoms. The van der Waals surface area contributed by atoms with Gasteiger partial charge in [0.1, 0.15) is 6.07 Å². The molecule has 1 aliphatic rings. The summed E-state index contributed by atoms with van der Waals surface area (Å²) in [5.74, 6) is 0.996. The molecular weight excluding hydrogens is 278 g/mol. The summed E-state index contributed by atoms with van der Waals surface area (Å²) < 4.78 is 0. The van der Waals surface area contributed by atoms with Crippen LogP contribution in [0.5, 0.6) is 0 Å². The lowest BCUT2D eigenvalue weighted by Gasteiger charge is -2.29. The van der Waals surface area contributed by atoms with Crippen molar-refractivity contribution in [2.75, 3.05) is 30.3 Å². The summed E-state index contributed by atoms with van der Waals surface area (Å²) in [5, 5.41) is 13.2. The normalized spacial score (nSPS) is 17.7. The first kappa shape index (κ1) is 16.2. The highest BCUT2D eigenvalue weighted by molar-refractivity contribution is 7.99. The van der Waals surface area contributed by atoms with E-state index < -0.39 is 0 Å². The topological polar surface area (TPSA) is 39.1 Å². The van der Waals surface area contributed by atoms with E-state index in [0.717, 1.165) is 48.0 Å². The zero-order valence-corrected chi connectivity index (χ0v) is 13.9. The number of hydrogen-bond acceptors (Lipinski definition) is 4.